The number of halogens is 1. The van der Waals surface area contributed by atoms with Gasteiger partial charge in [-0.25, -0.2) is 8.42 Å². The highest BCUT2D eigenvalue weighted by atomic mass is 35.5. The van der Waals surface area contributed by atoms with Gasteiger partial charge in [-0.3, -0.25) is 9.59 Å². The van der Waals surface area contributed by atoms with Crippen LogP contribution in [0.2, 0.25) is 5.02 Å². The van der Waals surface area contributed by atoms with Gasteiger partial charge in [0.1, 0.15) is 6.04 Å². The largest absolute Gasteiger partial charge is 0.469 e. The Morgan fingerprint density at radius 3 is 2.86 bits per heavy atom. The molecule has 0 aromatic heterocycles. The van der Waals surface area contributed by atoms with Crippen LogP contribution in [0, 0.1) is 0 Å². The van der Waals surface area contributed by atoms with Crippen LogP contribution in [0.4, 0.5) is 0 Å². The van der Waals surface area contributed by atoms with Gasteiger partial charge in [0.2, 0.25) is 15.9 Å². The lowest BCUT2D eigenvalue weighted by molar-refractivity contribution is -0.144. The van der Waals surface area contributed by atoms with E-state index in [0.29, 0.717) is 0 Å². The quantitative estimate of drug-likeness (QED) is 0.796. The van der Waals surface area contributed by atoms with E-state index in [2.05, 4.69) is 10.1 Å². The van der Waals surface area contributed by atoms with Gasteiger partial charge in [-0.2, -0.15) is 4.31 Å². The molecular weight excluding hydrogens is 332 g/mol. The summed E-state index contributed by atoms with van der Waals surface area (Å²) in [6.07, 6.45) is -0.345. The fraction of sp³-hybridized carbons (Fsp3) is 0.385. The maximum absolute atomic E-state index is 12.7. The molecule has 2 rings (SSSR count). The fourth-order valence-corrected chi connectivity index (χ4v) is 4.07. The van der Waals surface area contributed by atoms with Crippen molar-refractivity contribution < 1.29 is 22.7 Å². The lowest BCUT2D eigenvalue weighted by atomic mass is 10.1. The van der Waals surface area contributed by atoms with Crippen molar-refractivity contribution in [2.75, 3.05) is 20.2 Å². The zero-order valence-electron chi connectivity index (χ0n) is 11.8. The van der Waals surface area contributed by atoms with Crippen molar-refractivity contribution >= 4 is 33.5 Å². The van der Waals surface area contributed by atoms with Gasteiger partial charge in [-0.15, -0.1) is 0 Å². The second-order valence-corrected chi connectivity index (χ2v) is 6.99. The Labute approximate surface area is 133 Å². The molecule has 0 saturated carbocycles. The molecule has 1 aliphatic heterocycles. The number of rotatable bonds is 4. The maximum atomic E-state index is 12.7. The van der Waals surface area contributed by atoms with E-state index in [1.165, 1.54) is 25.3 Å². The molecule has 1 atom stereocenters. The van der Waals surface area contributed by atoms with E-state index in [-0.39, 0.29) is 29.4 Å². The molecule has 0 bridgehead atoms. The van der Waals surface area contributed by atoms with Crippen molar-refractivity contribution in [3.63, 3.8) is 0 Å². The normalized spacial score (nSPS) is 19.5. The van der Waals surface area contributed by atoms with Crippen LogP contribution in [0.15, 0.2) is 29.2 Å². The van der Waals surface area contributed by atoms with Crippen molar-refractivity contribution in [2.45, 2.75) is 17.4 Å². The van der Waals surface area contributed by atoms with Crippen molar-refractivity contribution in [1.29, 1.82) is 0 Å². The van der Waals surface area contributed by atoms with Crippen LogP contribution in [0.3, 0.4) is 0 Å². The minimum absolute atomic E-state index is 0.0236. The summed E-state index contributed by atoms with van der Waals surface area (Å²) >= 11 is 5.83. The number of sulfonamides is 1. The molecule has 0 aliphatic carbocycles. The van der Waals surface area contributed by atoms with Crippen LogP contribution >= 0.6 is 11.6 Å². The van der Waals surface area contributed by atoms with Crippen molar-refractivity contribution in [3.05, 3.63) is 29.3 Å². The van der Waals surface area contributed by atoms with Gasteiger partial charge >= 0.3 is 5.97 Å². The van der Waals surface area contributed by atoms with E-state index in [9.17, 15) is 18.0 Å². The Hall–Kier alpha value is -1.64. The van der Waals surface area contributed by atoms with Gasteiger partial charge in [-0.1, -0.05) is 17.7 Å². The number of ether oxygens (including phenoxy) is 1. The van der Waals surface area contributed by atoms with E-state index in [1.807, 2.05) is 0 Å². The highest BCUT2D eigenvalue weighted by molar-refractivity contribution is 7.89. The van der Waals surface area contributed by atoms with Crippen LogP contribution in [0.25, 0.3) is 0 Å². The average Bonchev–Trinajstić information content (AvgIpc) is 2.49. The van der Waals surface area contributed by atoms with E-state index in [4.69, 9.17) is 11.6 Å². The molecule has 1 unspecified atom stereocenters. The van der Waals surface area contributed by atoms with Gasteiger partial charge in [0.15, 0.2) is 0 Å². The zero-order valence-corrected chi connectivity index (χ0v) is 13.4. The molecule has 1 aliphatic rings. The summed E-state index contributed by atoms with van der Waals surface area (Å²) in [5.74, 6) is -1.18. The summed E-state index contributed by atoms with van der Waals surface area (Å²) in [5, 5.41) is 2.82. The Kier molecular flexibility index (Phi) is 5.05. The molecule has 1 saturated heterocycles. The minimum atomic E-state index is -3.94. The summed E-state index contributed by atoms with van der Waals surface area (Å²) < 4.78 is 30.9. The van der Waals surface area contributed by atoms with Gasteiger partial charge < -0.3 is 10.1 Å². The molecule has 1 heterocycles. The number of hydrogen-bond donors (Lipinski definition) is 1. The SMILES string of the molecule is COC(=O)CC1C(=O)NCCN1S(=O)(=O)c1cccc(Cl)c1. The first-order valence-electron chi connectivity index (χ1n) is 6.48. The maximum Gasteiger partial charge on any atom is 0.307 e. The second-order valence-electron chi connectivity index (χ2n) is 4.66. The summed E-state index contributed by atoms with van der Waals surface area (Å²) in [6, 6.07) is 4.62. The Balaban J connectivity index is 2.37. The topological polar surface area (TPSA) is 92.8 Å². The molecule has 9 heteroatoms. The van der Waals surface area contributed by atoms with Gasteiger partial charge in [0, 0.05) is 18.1 Å². The molecule has 120 valence electrons. The number of nitrogens with zero attached hydrogens (tertiary/aromatic N) is 1. The number of nitrogens with one attached hydrogen (secondary N) is 1. The number of piperazine rings is 1. The molecule has 1 aromatic rings. The second kappa shape index (κ2) is 6.64. The average molecular weight is 347 g/mol. The van der Waals surface area contributed by atoms with Gasteiger partial charge in [0.25, 0.3) is 0 Å². The number of benzene rings is 1. The molecule has 22 heavy (non-hydrogen) atoms. The number of amides is 1. The molecule has 1 amide bonds. The third-order valence-corrected chi connectivity index (χ3v) is 5.41. The highest BCUT2D eigenvalue weighted by Gasteiger charge is 2.39. The van der Waals surface area contributed by atoms with E-state index in [0.717, 1.165) is 4.31 Å². The fourth-order valence-electron chi connectivity index (χ4n) is 2.18. The monoisotopic (exact) mass is 346 g/mol. The molecule has 1 N–H and O–H groups in total. The predicted molar refractivity (Wildman–Crippen MR) is 78.8 cm³/mol. The standard InChI is InChI=1S/C13H15ClN2O5S/c1-21-12(17)8-11-13(18)15-5-6-16(11)22(19,20)10-4-2-3-9(14)7-10/h2-4,7,11H,5-6,8H2,1H3,(H,15,18). The summed E-state index contributed by atoms with van der Waals surface area (Å²) in [4.78, 5) is 23.4. The number of carbonyl (C=O) groups excluding carboxylic acids is 2. The number of methoxy groups -OCH3 is 1. The molecule has 1 aromatic carbocycles. The van der Waals surface area contributed by atoms with Gasteiger partial charge in [-0.05, 0) is 18.2 Å². The molecule has 0 spiro atoms. The van der Waals surface area contributed by atoms with E-state index >= 15 is 0 Å². The first-order valence-corrected chi connectivity index (χ1v) is 8.30. The van der Waals surface area contributed by atoms with Crippen LogP contribution in [-0.2, 0) is 24.3 Å². The number of esters is 1. The summed E-state index contributed by atoms with van der Waals surface area (Å²) in [6.45, 7) is 0.249. The summed E-state index contributed by atoms with van der Waals surface area (Å²) in [7, 11) is -2.76. The van der Waals surface area contributed by atoms with Crippen molar-refractivity contribution in [3.8, 4) is 0 Å². The molecule has 0 radical (unpaired) electrons. The first-order chi connectivity index (χ1) is 10.4. The summed E-state index contributed by atoms with van der Waals surface area (Å²) in [5.41, 5.74) is 0. The lowest BCUT2D eigenvalue weighted by Gasteiger charge is -2.33. The van der Waals surface area contributed by atoms with E-state index in [1.54, 1.807) is 6.07 Å². The number of hydrogen-bond acceptors (Lipinski definition) is 5. The highest BCUT2D eigenvalue weighted by Crippen LogP contribution is 2.23. The van der Waals surface area contributed by atoms with Crippen LogP contribution in [0.1, 0.15) is 6.42 Å². The Morgan fingerprint density at radius 2 is 2.23 bits per heavy atom. The number of carbonyl (C=O) groups is 2. The first kappa shape index (κ1) is 16.7. The van der Waals surface area contributed by atoms with Crippen molar-refractivity contribution in [2.24, 2.45) is 0 Å². The van der Waals surface area contributed by atoms with Crippen molar-refractivity contribution in [1.82, 2.24) is 9.62 Å². The molecular formula is C13H15ClN2O5S. The van der Waals surface area contributed by atoms with Crippen LogP contribution in [-0.4, -0.2) is 50.8 Å². The van der Waals surface area contributed by atoms with Gasteiger partial charge in [0.05, 0.1) is 18.4 Å². The molecule has 7 nitrogen and oxygen atoms in total. The lowest BCUT2D eigenvalue weighted by Crippen LogP contribution is -2.57. The predicted octanol–water partition coefficient (Wildman–Crippen LogP) is 0.392. The Morgan fingerprint density at radius 1 is 1.50 bits per heavy atom. The van der Waals surface area contributed by atoms with Crippen LogP contribution < -0.4 is 5.32 Å². The third-order valence-electron chi connectivity index (χ3n) is 3.27. The third kappa shape index (κ3) is 3.40. The minimum Gasteiger partial charge on any atom is -0.469 e. The zero-order chi connectivity index (χ0) is 16.3. The Bertz CT molecular complexity index is 691. The molecule has 1 fully saturated rings. The smallest absolute Gasteiger partial charge is 0.307 e. The van der Waals surface area contributed by atoms with E-state index < -0.39 is 27.9 Å². The van der Waals surface area contributed by atoms with Crippen LogP contribution in [0.5, 0.6) is 0 Å².